The van der Waals surface area contributed by atoms with Gasteiger partial charge in [-0.15, -0.1) is 10.2 Å². The van der Waals surface area contributed by atoms with Crippen LogP contribution in [0, 0.1) is 16.0 Å². The number of anilines is 1. The van der Waals surface area contributed by atoms with Gasteiger partial charge in [-0.05, 0) is 18.4 Å². The molecule has 2 heterocycles. The Balaban J connectivity index is 1.57. The lowest BCUT2D eigenvalue weighted by molar-refractivity contribution is -0.384. The highest BCUT2D eigenvalue weighted by molar-refractivity contribution is 7.15. The summed E-state index contributed by atoms with van der Waals surface area (Å²) in [5.41, 5.74) is 0.849. The Kier molecular flexibility index (Phi) is 7.98. The number of amides is 2. The first kappa shape index (κ1) is 22.7. The Labute approximate surface area is 182 Å². The highest BCUT2D eigenvalue weighted by Crippen LogP contribution is 2.21. The summed E-state index contributed by atoms with van der Waals surface area (Å²) in [5, 5.41) is 25.1. The van der Waals surface area contributed by atoms with Crippen LogP contribution in [0.4, 0.5) is 10.8 Å². The number of nitro benzene ring substituents is 1. The maximum absolute atomic E-state index is 12.6. The number of carbonyl (C=O) groups is 2. The number of methoxy groups -OCH3 is 1. The summed E-state index contributed by atoms with van der Waals surface area (Å²) in [6.45, 7) is 1.08. The maximum atomic E-state index is 12.6. The molecular formula is C19H23N5O6S. The van der Waals surface area contributed by atoms with Gasteiger partial charge in [0.05, 0.1) is 11.5 Å². The lowest BCUT2D eigenvalue weighted by atomic mass is 9.99. The second kappa shape index (κ2) is 10.9. The molecule has 0 saturated carbocycles. The monoisotopic (exact) mass is 449 g/mol. The van der Waals surface area contributed by atoms with E-state index in [0.29, 0.717) is 42.6 Å². The number of nitrogens with one attached hydrogen (secondary N) is 2. The number of hydrogen-bond acceptors (Lipinski definition) is 9. The van der Waals surface area contributed by atoms with Crippen LogP contribution in [0.5, 0.6) is 0 Å². The lowest BCUT2D eigenvalue weighted by Crippen LogP contribution is -2.49. The van der Waals surface area contributed by atoms with Gasteiger partial charge in [0, 0.05) is 44.8 Å². The first-order valence-electron chi connectivity index (χ1n) is 9.70. The zero-order chi connectivity index (χ0) is 22.2. The van der Waals surface area contributed by atoms with Crippen molar-refractivity contribution in [3.05, 3.63) is 45.0 Å². The molecule has 1 aliphatic heterocycles. The number of benzene rings is 1. The van der Waals surface area contributed by atoms with E-state index < -0.39 is 16.9 Å². The third-order valence-electron chi connectivity index (χ3n) is 4.76. The molecular weight excluding hydrogens is 426 g/mol. The molecule has 1 aromatic heterocycles. The molecule has 2 N–H and O–H groups in total. The highest BCUT2D eigenvalue weighted by atomic mass is 32.1. The number of nitrogens with zero attached hydrogens (tertiary/aromatic N) is 3. The molecule has 0 bridgehead atoms. The normalized spacial score (nSPS) is 15.3. The van der Waals surface area contributed by atoms with Crippen molar-refractivity contribution in [3.63, 3.8) is 0 Å². The zero-order valence-electron chi connectivity index (χ0n) is 16.9. The number of non-ortho nitro benzene ring substituents is 1. The van der Waals surface area contributed by atoms with Crippen LogP contribution in [0.2, 0.25) is 0 Å². The molecule has 11 nitrogen and oxygen atoms in total. The van der Waals surface area contributed by atoms with Gasteiger partial charge in [-0.2, -0.15) is 0 Å². The number of rotatable bonds is 9. The molecule has 0 aliphatic carbocycles. The molecule has 1 atom stereocenters. The average molecular weight is 449 g/mol. The van der Waals surface area contributed by atoms with Gasteiger partial charge in [0.1, 0.15) is 11.0 Å². The average Bonchev–Trinajstić information content (AvgIpc) is 3.21. The van der Waals surface area contributed by atoms with Crippen LogP contribution >= 0.6 is 11.3 Å². The molecule has 0 spiro atoms. The van der Waals surface area contributed by atoms with Crippen molar-refractivity contribution >= 4 is 34.0 Å². The topological polar surface area (TPSA) is 146 Å². The first-order valence-corrected chi connectivity index (χ1v) is 10.5. The van der Waals surface area contributed by atoms with Crippen molar-refractivity contribution in [2.24, 2.45) is 5.92 Å². The molecule has 1 unspecified atom stereocenters. The highest BCUT2D eigenvalue weighted by Gasteiger charge is 2.27. The van der Waals surface area contributed by atoms with Gasteiger partial charge >= 0.3 is 0 Å². The molecule has 2 aromatic rings. The Hall–Kier alpha value is -2.96. The second-order valence-electron chi connectivity index (χ2n) is 6.99. The Morgan fingerprint density at radius 3 is 2.65 bits per heavy atom. The molecule has 0 radical (unpaired) electrons. The van der Waals surface area contributed by atoms with E-state index >= 15 is 0 Å². The SMILES string of the molecule is COCC(NC(=O)C1CCOCC1)C(=O)Nc1nnc(Cc2ccc([N+](=O)[O-])cc2)s1. The predicted octanol–water partition coefficient (Wildman–Crippen LogP) is 1.53. The van der Waals surface area contributed by atoms with E-state index in [-0.39, 0.29) is 24.1 Å². The number of ether oxygens (including phenoxy) is 2. The summed E-state index contributed by atoms with van der Waals surface area (Å²) in [7, 11) is 1.45. The summed E-state index contributed by atoms with van der Waals surface area (Å²) < 4.78 is 10.3. The summed E-state index contributed by atoms with van der Waals surface area (Å²) in [6.07, 6.45) is 1.67. The fourth-order valence-corrected chi connectivity index (χ4v) is 3.85. The van der Waals surface area contributed by atoms with Gasteiger partial charge < -0.3 is 14.8 Å². The largest absolute Gasteiger partial charge is 0.382 e. The molecule has 166 valence electrons. The van der Waals surface area contributed by atoms with Crippen molar-refractivity contribution in [3.8, 4) is 0 Å². The van der Waals surface area contributed by atoms with Crippen LogP contribution < -0.4 is 10.6 Å². The summed E-state index contributed by atoms with van der Waals surface area (Å²) in [4.78, 5) is 35.4. The van der Waals surface area contributed by atoms with Crippen LogP contribution in [-0.4, -0.2) is 59.9 Å². The molecule has 1 aromatic carbocycles. The lowest BCUT2D eigenvalue weighted by Gasteiger charge is -2.24. The van der Waals surface area contributed by atoms with E-state index in [2.05, 4.69) is 20.8 Å². The van der Waals surface area contributed by atoms with Gasteiger partial charge in [-0.3, -0.25) is 25.0 Å². The number of aromatic nitrogens is 2. The van der Waals surface area contributed by atoms with E-state index in [1.807, 2.05) is 0 Å². The summed E-state index contributed by atoms with van der Waals surface area (Å²) in [6, 6.07) is 5.30. The predicted molar refractivity (Wildman–Crippen MR) is 112 cm³/mol. The van der Waals surface area contributed by atoms with Gasteiger partial charge in [-0.1, -0.05) is 23.5 Å². The van der Waals surface area contributed by atoms with Gasteiger partial charge in [0.2, 0.25) is 11.0 Å². The molecule has 2 amide bonds. The smallest absolute Gasteiger partial charge is 0.269 e. The minimum Gasteiger partial charge on any atom is -0.382 e. The Morgan fingerprint density at radius 2 is 2.00 bits per heavy atom. The van der Waals surface area contributed by atoms with Crippen LogP contribution in [0.25, 0.3) is 0 Å². The van der Waals surface area contributed by atoms with E-state index in [1.54, 1.807) is 12.1 Å². The van der Waals surface area contributed by atoms with E-state index in [9.17, 15) is 19.7 Å². The Morgan fingerprint density at radius 1 is 1.29 bits per heavy atom. The fourth-order valence-electron chi connectivity index (χ4n) is 3.08. The quantitative estimate of drug-likeness (QED) is 0.433. The van der Waals surface area contributed by atoms with Crippen LogP contribution in [0.1, 0.15) is 23.4 Å². The number of carbonyl (C=O) groups excluding carboxylic acids is 2. The first-order chi connectivity index (χ1) is 15.0. The molecule has 1 aliphatic rings. The van der Waals surface area contributed by atoms with Crippen LogP contribution in [-0.2, 0) is 25.5 Å². The van der Waals surface area contributed by atoms with Gasteiger partial charge in [0.15, 0.2) is 0 Å². The van der Waals surface area contributed by atoms with Gasteiger partial charge in [0.25, 0.3) is 11.6 Å². The number of nitro groups is 1. The maximum Gasteiger partial charge on any atom is 0.269 e. The van der Waals surface area contributed by atoms with E-state index in [4.69, 9.17) is 9.47 Å². The fraction of sp³-hybridized carbons (Fsp3) is 0.474. The second-order valence-corrected chi connectivity index (χ2v) is 8.06. The minimum absolute atomic E-state index is 0.0148. The van der Waals surface area contributed by atoms with E-state index in [1.165, 1.54) is 30.6 Å². The van der Waals surface area contributed by atoms with Crippen molar-refractivity contribution in [1.29, 1.82) is 0 Å². The molecule has 1 saturated heterocycles. The third kappa shape index (κ3) is 6.51. The van der Waals surface area contributed by atoms with E-state index in [0.717, 1.165) is 5.56 Å². The minimum atomic E-state index is -0.859. The summed E-state index contributed by atoms with van der Waals surface area (Å²) >= 11 is 1.19. The molecule has 31 heavy (non-hydrogen) atoms. The molecule has 12 heteroatoms. The van der Waals surface area contributed by atoms with Crippen molar-refractivity contribution in [2.75, 3.05) is 32.2 Å². The molecule has 1 fully saturated rings. The van der Waals surface area contributed by atoms with Gasteiger partial charge in [-0.25, -0.2) is 0 Å². The molecule has 3 rings (SSSR count). The zero-order valence-corrected chi connectivity index (χ0v) is 17.7. The van der Waals surface area contributed by atoms with Crippen molar-refractivity contribution in [1.82, 2.24) is 15.5 Å². The number of hydrogen-bond donors (Lipinski definition) is 2. The standard InChI is InChI=1S/C19H23N5O6S/c1-29-11-15(20-17(25)13-6-8-30-9-7-13)18(26)21-19-23-22-16(31-19)10-12-2-4-14(5-3-12)24(27)28/h2-5,13,15H,6-11H2,1H3,(H,20,25)(H,21,23,26). The van der Waals surface area contributed by atoms with Crippen LogP contribution in [0.15, 0.2) is 24.3 Å². The van der Waals surface area contributed by atoms with Crippen LogP contribution in [0.3, 0.4) is 0 Å². The van der Waals surface area contributed by atoms with Crippen molar-refractivity contribution < 1.29 is 24.0 Å². The van der Waals surface area contributed by atoms with Crippen molar-refractivity contribution in [2.45, 2.75) is 25.3 Å². The third-order valence-corrected chi connectivity index (χ3v) is 5.60. The Bertz CT molecular complexity index is 913. The summed E-state index contributed by atoms with van der Waals surface area (Å²) in [5.74, 6) is -0.826.